The highest BCUT2D eigenvalue weighted by molar-refractivity contribution is 9.10. The number of hydrogen-bond acceptors (Lipinski definition) is 4. The first-order chi connectivity index (χ1) is 12.0. The molecule has 0 N–H and O–H groups in total. The molecule has 0 amide bonds. The summed E-state index contributed by atoms with van der Waals surface area (Å²) in [6, 6.07) is 7.27. The van der Waals surface area contributed by atoms with Gasteiger partial charge in [-0.25, -0.2) is 0 Å². The van der Waals surface area contributed by atoms with Crippen molar-refractivity contribution in [1.29, 1.82) is 0 Å². The van der Waals surface area contributed by atoms with E-state index in [1.54, 1.807) is 24.3 Å². The van der Waals surface area contributed by atoms with Crippen LogP contribution in [0.3, 0.4) is 0 Å². The highest BCUT2D eigenvalue weighted by Gasteiger charge is 2.51. The molecule has 0 unspecified atom stereocenters. The first-order valence-electron chi connectivity index (χ1n) is 9.44. The van der Waals surface area contributed by atoms with Gasteiger partial charge in [0, 0.05) is 23.0 Å². The molecule has 3 atom stereocenters. The summed E-state index contributed by atoms with van der Waals surface area (Å²) in [5, 5.41) is 0. The summed E-state index contributed by atoms with van der Waals surface area (Å²) in [5.74, 6) is 0.334. The van der Waals surface area contributed by atoms with Gasteiger partial charge in [0.05, 0.1) is 10.5 Å². The first-order valence-corrected chi connectivity index (χ1v) is 11.6. The van der Waals surface area contributed by atoms with Crippen LogP contribution in [0, 0.1) is 5.92 Å². The van der Waals surface area contributed by atoms with Gasteiger partial charge in [-0.3, -0.25) is 9.08 Å². The van der Waals surface area contributed by atoms with Crippen molar-refractivity contribution >= 4 is 26.0 Å². The van der Waals surface area contributed by atoms with Gasteiger partial charge in [0.1, 0.15) is 0 Å². The summed E-state index contributed by atoms with van der Waals surface area (Å²) in [6.45, 7) is 2.16. The Hall–Kier alpha value is -0.430. The maximum atomic E-state index is 13.0. The Morgan fingerprint density at radius 3 is 2.64 bits per heavy atom. The Labute approximate surface area is 159 Å². The Kier molecular flexibility index (Phi) is 4.99. The fraction of sp³-hybridized carbons (Fsp3) is 0.684. The molecule has 1 saturated carbocycles. The molecule has 0 aromatic heterocycles. The standard InChI is InChI=1S/C19H26BrNO3S/c20-16-7-9-18(10-8-16)25(22,23)24-19-11-3-1-5-15(19)14-21-12-4-2-6-17(21)13-19/h7-10,15,17H,1-6,11-14H2/t15-,17-,19-/m1/s1. The molecule has 0 radical (unpaired) electrons. The Morgan fingerprint density at radius 2 is 1.84 bits per heavy atom. The number of piperidine rings is 2. The van der Waals surface area contributed by atoms with Gasteiger partial charge in [-0.1, -0.05) is 35.2 Å². The van der Waals surface area contributed by atoms with Crippen molar-refractivity contribution in [1.82, 2.24) is 4.90 Å². The number of rotatable bonds is 3. The minimum atomic E-state index is -3.73. The van der Waals surface area contributed by atoms with Crippen molar-refractivity contribution in [2.24, 2.45) is 5.92 Å². The molecule has 2 heterocycles. The summed E-state index contributed by atoms with van der Waals surface area (Å²) in [5.41, 5.74) is -0.497. The third-order valence-corrected chi connectivity index (χ3v) is 8.24. The summed E-state index contributed by atoms with van der Waals surface area (Å²) in [6.07, 6.45) is 8.78. The molecule has 1 aromatic rings. The van der Waals surface area contributed by atoms with E-state index in [2.05, 4.69) is 20.8 Å². The fourth-order valence-electron chi connectivity index (χ4n) is 5.03. The van der Waals surface area contributed by atoms with Gasteiger partial charge in [-0.15, -0.1) is 0 Å². The van der Waals surface area contributed by atoms with E-state index < -0.39 is 15.7 Å². The summed E-state index contributed by atoms with van der Waals surface area (Å²) in [7, 11) is -3.73. The topological polar surface area (TPSA) is 46.6 Å². The van der Waals surface area contributed by atoms with Crippen LogP contribution in [0.1, 0.15) is 51.4 Å². The minimum absolute atomic E-state index is 0.264. The van der Waals surface area contributed by atoms with Crippen LogP contribution in [-0.2, 0) is 14.3 Å². The summed E-state index contributed by atoms with van der Waals surface area (Å²) in [4.78, 5) is 2.85. The molecule has 0 bridgehead atoms. The van der Waals surface area contributed by atoms with Crippen LogP contribution in [0.25, 0.3) is 0 Å². The number of halogens is 1. The molecule has 0 spiro atoms. The van der Waals surface area contributed by atoms with E-state index in [4.69, 9.17) is 4.18 Å². The van der Waals surface area contributed by atoms with Gasteiger partial charge in [0.15, 0.2) is 0 Å². The van der Waals surface area contributed by atoms with E-state index in [1.807, 2.05) is 0 Å². The van der Waals surface area contributed by atoms with Gasteiger partial charge in [-0.05, 0) is 62.9 Å². The quantitative estimate of drug-likeness (QED) is 0.672. The van der Waals surface area contributed by atoms with Crippen LogP contribution in [0.2, 0.25) is 0 Å². The zero-order valence-corrected chi connectivity index (χ0v) is 16.9. The molecule has 1 aliphatic carbocycles. The summed E-state index contributed by atoms with van der Waals surface area (Å²) < 4.78 is 32.9. The number of nitrogens with zero attached hydrogens (tertiary/aromatic N) is 1. The lowest BCUT2D eigenvalue weighted by Crippen LogP contribution is -2.60. The average molecular weight is 428 g/mol. The van der Waals surface area contributed by atoms with Gasteiger partial charge < -0.3 is 0 Å². The van der Waals surface area contributed by atoms with Gasteiger partial charge in [-0.2, -0.15) is 8.42 Å². The minimum Gasteiger partial charge on any atom is -0.300 e. The molecule has 1 aromatic carbocycles. The summed E-state index contributed by atoms with van der Waals surface area (Å²) >= 11 is 3.36. The molecular formula is C19H26BrNO3S. The lowest BCUT2D eigenvalue weighted by molar-refractivity contribution is -0.101. The largest absolute Gasteiger partial charge is 0.300 e. The van der Waals surface area contributed by atoms with Crippen LogP contribution in [0.4, 0.5) is 0 Å². The first kappa shape index (κ1) is 18.0. The SMILES string of the molecule is O=S(=O)(O[C@@]12CCCC[C@@H]1CN1CCCC[C@@H]1C2)c1ccc(Br)cc1. The fourth-order valence-corrected chi connectivity index (χ4v) is 6.59. The van der Waals surface area contributed by atoms with E-state index in [1.165, 1.54) is 25.7 Å². The maximum absolute atomic E-state index is 13.0. The molecule has 138 valence electrons. The second kappa shape index (κ2) is 6.95. The van der Waals surface area contributed by atoms with Crippen LogP contribution >= 0.6 is 15.9 Å². The van der Waals surface area contributed by atoms with E-state index in [9.17, 15) is 8.42 Å². The monoisotopic (exact) mass is 427 g/mol. The van der Waals surface area contributed by atoms with E-state index in [0.29, 0.717) is 12.0 Å². The predicted octanol–water partition coefficient (Wildman–Crippen LogP) is 4.34. The maximum Gasteiger partial charge on any atom is 0.297 e. The molecule has 4 rings (SSSR count). The number of hydrogen-bond donors (Lipinski definition) is 0. The predicted molar refractivity (Wildman–Crippen MR) is 101 cm³/mol. The number of fused-ring (bicyclic) bond motifs is 2. The van der Waals surface area contributed by atoms with Crippen molar-refractivity contribution in [3.63, 3.8) is 0 Å². The lowest BCUT2D eigenvalue weighted by Gasteiger charge is -2.54. The molecule has 2 saturated heterocycles. The molecular weight excluding hydrogens is 402 g/mol. The second-order valence-corrected chi connectivity index (χ2v) is 10.3. The Bertz CT molecular complexity index is 721. The van der Waals surface area contributed by atoms with Crippen molar-refractivity contribution in [3.05, 3.63) is 28.7 Å². The molecule has 2 aliphatic heterocycles. The van der Waals surface area contributed by atoms with Gasteiger partial charge in [0.2, 0.25) is 0 Å². The van der Waals surface area contributed by atoms with E-state index in [0.717, 1.165) is 43.2 Å². The van der Waals surface area contributed by atoms with Crippen molar-refractivity contribution in [2.75, 3.05) is 13.1 Å². The van der Waals surface area contributed by atoms with Gasteiger partial charge in [0.25, 0.3) is 10.1 Å². The van der Waals surface area contributed by atoms with Crippen molar-refractivity contribution < 1.29 is 12.6 Å². The Balaban J connectivity index is 1.62. The number of benzene rings is 1. The molecule has 3 fully saturated rings. The third-order valence-electron chi connectivity index (χ3n) is 6.31. The molecule has 6 heteroatoms. The van der Waals surface area contributed by atoms with E-state index in [-0.39, 0.29) is 4.90 Å². The molecule has 3 aliphatic rings. The highest BCUT2D eigenvalue weighted by Crippen LogP contribution is 2.47. The van der Waals surface area contributed by atoms with Crippen LogP contribution < -0.4 is 0 Å². The average Bonchev–Trinajstić information content (AvgIpc) is 2.59. The Morgan fingerprint density at radius 1 is 1.08 bits per heavy atom. The normalized spacial score (nSPS) is 33.5. The van der Waals surface area contributed by atoms with Crippen LogP contribution in [0.15, 0.2) is 33.6 Å². The third kappa shape index (κ3) is 3.55. The van der Waals surface area contributed by atoms with Crippen molar-refractivity contribution in [2.45, 2.75) is 67.9 Å². The van der Waals surface area contributed by atoms with Crippen molar-refractivity contribution in [3.8, 4) is 0 Å². The highest BCUT2D eigenvalue weighted by atomic mass is 79.9. The zero-order chi connectivity index (χ0) is 17.5. The van der Waals surface area contributed by atoms with Crippen LogP contribution in [0.5, 0.6) is 0 Å². The van der Waals surface area contributed by atoms with Gasteiger partial charge >= 0.3 is 0 Å². The zero-order valence-electron chi connectivity index (χ0n) is 14.5. The molecule has 4 nitrogen and oxygen atoms in total. The molecule has 25 heavy (non-hydrogen) atoms. The van der Waals surface area contributed by atoms with E-state index >= 15 is 0 Å². The smallest absolute Gasteiger partial charge is 0.297 e. The lowest BCUT2D eigenvalue weighted by atomic mass is 9.68. The van der Waals surface area contributed by atoms with Crippen LogP contribution in [-0.4, -0.2) is 38.1 Å². The second-order valence-electron chi connectivity index (χ2n) is 7.85.